The fraction of sp³-hybridized carbons (Fsp3) is 0.929. The summed E-state index contributed by atoms with van der Waals surface area (Å²) in [5.41, 5.74) is -0.691. The molecule has 116 valence electrons. The normalized spacial score (nSPS) is 28.1. The zero-order valence-electron chi connectivity index (χ0n) is 12.3. The Morgan fingerprint density at radius 2 is 2.00 bits per heavy atom. The molecular weight excluding hydrogens is 260 g/mol. The molecule has 0 bridgehead atoms. The number of aliphatic hydroxyl groups excluding tert-OH is 1. The quantitative estimate of drug-likeness (QED) is 0.718. The number of ether oxygens (including phenoxy) is 1. The molecule has 2 fully saturated rings. The van der Waals surface area contributed by atoms with Crippen molar-refractivity contribution < 1.29 is 19.7 Å². The molecule has 2 saturated heterocycles. The second-order valence-corrected chi connectivity index (χ2v) is 6.09. The molecule has 0 aliphatic carbocycles. The van der Waals surface area contributed by atoms with Crippen LogP contribution in [0.1, 0.15) is 19.8 Å². The largest absolute Gasteiger partial charge is 0.396 e. The van der Waals surface area contributed by atoms with Gasteiger partial charge in [-0.05, 0) is 0 Å². The molecule has 2 heterocycles. The third-order valence-electron chi connectivity index (χ3n) is 4.33. The van der Waals surface area contributed by atoms with Gasteiger partial charge in [0, 0.05) is 78.2 Å². The predicted molar refractivity (Wildman–Crippen MR) is 74.3 cm³/mol. The van der Waals surface area contributed by atoms with Crippen LogP contribution >= 0.6 is 0 Å². The maximum absolute atomic E-state index is 11.5. The molecule has 6 nitrogen and oxygen atoms in total. The van der Waals surface area contributed by atoms with Gasteiger partial charge in [0.05, 0.1) is 5.60 Å². The lowest BCUT2D eigenvalue weighted by Crippen LogP contribution is -2.48. The minimum Gasteiger partial charge on any atom is -0.396 e. The third kappa shape index (κ3) is 4.15. The van der Waals surface area contributed by atoms with Gasteiger partial charge in [-0.1, -0.05) is 0 Å². The fourth-order valence-electron chi connectivity index (χ4n) is 3.05. The van der Waals surface area contributed by atoms with Crippen molar-refractivity contribution >= 4 is 5.91 Å². The van der Waals surface area contributed by atoms with Crippen molar-refractivity contribution in [1.82, 2.24) is 9.80 Å². The monoisotopic (exact) mass is 286 g/mol. The summed E-state index contributed by atoms with van der Waals surface area (Å²) in [5.74, 6) is 0.111. The van der Waals surface area contributed by atoms with E-state index in [2.05, 4.69) is 4.90 Å². The number of carbonyl (C=O) groups excluding carboxylic acids is 1. The molecule has 2 N–H and O–H groups in total. The lowest BCUT2D eigenvalue weighted by atomic mass is 9.93. The van der Waals surface area contributed by atoms with Crippen LogP contribution in [0.25, 0.3) is 0 Å². The summed E-state index contributed by atoms with van der Waals surface area (Å²) in [4.78, 5) is 15.5. The summed E-state index contributed by atoms with van der Waals surface area (Å²) in [6, 6.07) is 0. The average Bonchev–Trinajstić information content (AvgIpc) is 2.61. The van der Waals surface area contributed by atoms with E-state index in [1.165, 1.54) is 0 Å². The minimum absolute atomic E-state index is 0.0510. The standard InChI is InChI=1S/C14H26N2O4/c1-12(18)16-5-4-15(8-13(9-16)10-17)11-14(19)2-6-20-7-3-14/h13,17,19H,2-11H2,1H3. The van der Waals surface area contributed by atoms with E-state index in [4.69, 9.17) is 4.74 Å². The van der Waals surface area contributed by atoms with E-state index in [-0.39, 0.29) is 18.4 Å². The molecule has 0 aromatic heterocycles. The van der Waals surface area contributed by atoms with Crippen LogP contribution in [0.15, 0.2) is 0 Å². The molecule has 0 aromatic carbocycles. The van der Waals surface area contributed by atoms with E-state index in [0.29, 0.717) is 45.7 Å². The highest BCUT2D eigenvalue weighted by Crippen LogP contribution is 2.23. The number of rotatable bonds is 3. The number of aliphatic hydroxyl groups is 2. The first kappa shape index (κ1) is 15.7. The lowest BCUT2D eigenvalue weighted by Gasteiger charge is -2.37. The third-order valence-corrected chi connectivity index (χ3v) is 4.33. The van der Waals surface area contributed by atoms with E-state index in [0.717, 1.165) is 13.1 Å². The Balaban J connectivity index is 1.95. The molecule has 1 amide bonds. The Hall–Kier alpha value is -0.690. The number of hydrogen-bond acceptors (Lipinski definition) is 5. The molecule has 2 aliphatic heterocycles. The molecule has 2 aliphatic rings. The second kappa shape index (κ2) is 6.85. The molecule has 20 heavy (non-hydrogen) atoms. The van der Waals surface area contributed by atoms with Crippen LogP contribution in [-0.2, 0) is 9.53 Å². The summed E-state index contributed by atoms with van der Waals surface area (Å²) in [6.45, 7) is 6.18. The van der Waals surface area contributed by atoms with Crippen molar-refractivity contribution in [3.8, 4) is 0 Å². The van der Waals surface area contributed by atoms with Gasteiger partial charge in [-0.25, -0.2) is 0 Å². The van der Waals surface area contributed by atoms with Gasteiger partial charge in [0.2, 0.25) is 5.91 Å². The van der Waals surface area contributed by atoms with Crippen molar-refractivity contribution in [2.24, 2.45) is 5.92 Å². The number of nitrogens with zero attached hydrogens (tertiary/aromatic N) is 2. The van der Waals surface area contributed by atoms with Gasteiger partial charge >= 0.3 is 0 Å². The molecular formula is C14H26N2O4. The molecule has 2 rings (SSSR count). The van der Waals surface area contributed by atoms with Gasteiger partial charge in [0.15, 0.2) is 0 Å². The van der Waals surface area contributed by atoms with E-state index < -0.39 is 5.60 Å². The molecule has 1 unspecified atom stereocenters. The highest BCUT2D eigenvalue weighted by molar-refractivity contribution is 5.73. The summed E-state index contributed by atoms with van der Waals surface area (Å²) in [5, 5.41) is 20.0. The van der Waals surface area contributed by atoms with Crippen molar-refractivity contribution in [3.05, 3.63) is 0 Å². The van der Waals surface area contributed by atoms with E-state index in [1.807, 2.05) is 0 Å². The van der Waals surface area contributed by atoms with Crippen molar-refractivity contribution in [2.45, 2.75) is 25.4 Å². The molecule has 0 spiro atoms. The predicted octanol–water partition coefficient (Wildman–Crippen LogP) is -0.699. The first-order valence-corrected chi connectivity index (χ1v) is 7.41. The van der Waals surface area contributed by atoms with Gasteiger partial charge in [0.25, 0.3) is 0 Å². The molecule has 0 saturated carbocycles. The number of β-amino-alcohol motifs (C(OH)–C–C–N with tert-alkyl or cyclic N) is 1. The Labute approximate surface area is 120 Å². The first-order chi connectivity index (χ1) is 9.52. The highest BCUT2D eigenvalue weighted by Gasteiger charge is 2.34. The van der Waals surface area contributed by atoms with Crippen LogP contribution in [0.4, 0.5) is 0 Å². The van der Waals surface area contributed by atoms with Gasteiger partial charge in [-0.3, -0.25) is 9.69 Å². The Bertz CT molecular complexity index is 331. The fourth-order valence-corrected chi connectivity index (χ4v) is 3.05. The van der Waals surface area contributed by atoms with Crippen LogP contribution in [0.3, 0.4) is 0 Å². The zero-order chi connectivity index (χ0) is 14.6. The van der Waals surface area contributed by atoms with Crippen LogP contribution < -0.4 is 0 Å². The molecule has 0 aromatic rings. The Kier molecular flexibility index (Phi) is 5.37. The van der Waals surface area contributed by atoms with Gasteiger partial charge in [-0.2, -0.15) is 0 Å². The maximum atomic E-state index is 11.5. The van der Waals surface area contributed by atoms with Crippen molar-refractivity contribution in [2.75, 3.05) is 52.5 Å². The van der Waals surface area contributed by atoms with Crippen molar-refractivity contribution in [1.29, 1.82) is 0 Å². The van der Waals surface area contributed by atoms with Gasteiger partial charge in [-0.15, -0.1) is 0 Å². The zero-order valence-corrected chi connectivity index (χ0v) is 12.3. The average molecular weight is 286 g/mol. The number of amides is 1. The number of carbonyl (C=O) groups is 1. The minimum atomic E-state index is -0.691. The second-order valence-electron chi connectivity index (χ2n) is 6.09. The molecule has 1 atom stereocenters. The summed E-state index contributed by atoms with van der Waals surface area (Å²) >= 11 is 0. The summed E-state index contributed by atoms with van der Waals surface area (Å²) < 4.78 is 5.30. The van der Waals surface area contributed by atoms with Crippen LogP contribution in [0, 0.1) is 5.92 Å². The SMILES string of the molecule is CC(=O)N1CCN(CC2(O)CCOCC2)CC(CO)C1. The van der Waals surface area contributed by atoms with Crippen LogP contribution in [0.5, 0.6) is 0 Å². The van der Waals surface area contributed by atoms with Gasteiger partial charge in [0.1, 0.15) is 0 Å². The molecule has 0 radical (unpaired) electrons. The molecule has 6 heteroatoms. The van der Waals surface area contributed by atoms with Crippen molar-refractivity contribution in [3.63, 3.8) is 0 Å². The first-order valence-electron chi connectivity index (χ1n) is 7.41. The summed E-state index contributed by atoms with van der Waals surface area (Å²) in [6.07, 6.45) is 1.31. The number of hydrogen-bond donors (Lipinski definition) is 2. The topological polar surface area (TPSA) is 73.2 Å². The summed E-state index contributed by atoms with van der Waals surface area (Å²) in [7, 11) is 0. The Morgan fingerprint density at radius 1 is 1.30 bits per heavy atom. The van der Waals surface area contributed by atoms with E-state index in [9.17, 15) is 15.0 Å². The van der Waals surface area contributed by atoms with E-state index >= 15 is 0 Å². The maximum Gasteiger partial charge on any atom is 0.219 e. The van der Waals surface area contributed by atoms with Gasteiger partial charge < -0.3 is 19.8 Å². The van der Waals surface area contributed by atoms with Crippen LogP contribution in [-0.4, -0.2) is 84.1 Å². The van der Waals surface area contributed by atoms with Crippen LogP contribution in [0.2, 0.25) is 0 Å². The smallest absolute Gasteiger partial charge is 0.219 e. The Morgan fingerprint density at radius 3 is 2.60 bits per heavy atom. The lowest BCUT2D eigenvalue weighted by molar-refractivity contribution is -0.129. The van der Waals surface area contributed by atoms with E-state index in [1.54, 1.807) is 11.8 Å². The highest BCUT2D eigenvalue weighted by atomic mass is 16.5.